The number of aromatic amines is 1. The highest BCUT2D eigenvalue weighted by Crippen LogP contribution is 2.17. The van der Waals surface area contributed by atoms with Crippen LogP contribution in [0.25, 0.3) is 11.4 Å². The molecule has 7 nitrogen and oxygen atoms in total. The highest BCUT2D eigenvalue weighted by Gasteiger charge is 2.06. The van der Waals surface area contributed by atoms with Gasteiger partial charge in [-0.2, -0.15) is 5.21 Å². The van der Waals surface area contributed by atoms with Crippen molar-refractivity contribution in [2.75, 3.05) is 11.9 Å². The second-order valence-corrected chi connectivity index (χ2v) is 4.60. The highest BCUT2D eigenvalue weighted by atomic mass is 19.1. The molecule has 0 atom stereocenters. The molecule has 8 heteroatoms. The van der Waals surface area contributed by atoms with Gasteiger partial charge < -0.3 is 10.1 Å². The fraction of sp³-hybridized carbons (Fsp3) is 0.0667. The molecule has 0 aliphatic heterocycles. The molecule has 0 aliphatic carbocycles. The van der Waals surface area contributed by atoms with Crippen LogP contribution in [0.4, 0.5) is 10.1 Å². The Morgan fingerprint density at radius 3 is 2.52 bits per heavy atom. The lowest BCUT2D eigenvalue weighted by Gasteiger charge is -2.07. The number of hydrogen-bond donors (Lipinski definition) is 2. The number of tetrazole rings is 1. The molecule has 3 aromatic rings. The zero-order valence-corrected chi connectivity index (χ0v) is 11.9. The number of rotatable bonds is 5. The van der Waals surface area contributed by atoms with Gasteiger partial charge >= 0.3 is 0 Å². The zero-order valence-electron chi connectivity index (χ0n) is 11.9. The first-order chi connectivity index (χ1) is 11.2. The van der Waals surface area contributed by atoms with Crippen LogP contribution >= 0.6 is 0 Å². The number of H-pyrrole nitrogens is 1. The van der Waals surface area contributed by atoms with Crippen LogP contribution < -0.4 is 10.1 Å². The molecule has 0 saturated carbocycles. The van der Waals surface area contributed by atoms with Crippen LogP contribution in [0.3, 0.4) is 0 Å². The van der Waals surface area contributed by atoms with E-state index in [0.29, 0.717) is 17.3 Å². The Morgan fingerprint density at radius 2 is 1.87 bits per heavy atom. The Hall–Kier alpha value is -3.29. The van der Waals surface area contributed by atoms with Crippen molar-refractivity contribution in [2.24, 2.45) is 0 Å². The van der Waals surface area contributed by atoms with E-state index >= 15 is 0 Å². The molecule has 0 bridgehead atoms. The van der Waals surface area contributed by atoms with Gasteiger partial charge in [0.1, 0.15) is 11.6 Å². The summed E-state index contributed by atoms with van der Waals surface area (Å²) in [5, 5.41) is 16.3. The van der Waals surface area contributed by atoms with Gasteiger partial charge in [0.25, 0.3) is 5.91 Å². The molecule has 2 aromatic carbocycles. The van der Waals surface area contributed by atoms with Gasteiger partial charge in [0.2, 0.25) is 5.82 Å². The van der Waals surface area contributed by atoms with Gasteiger partial charge in [-0.3, -0.25) is 4.79 Å². The van der Waals surface area contributed by atoms with Crippen LogP contribution in [-0.2, 0) is 4.79 Å². The van der Waals surface area contributed by atoms with Crippen molar-refractivity contribution in [1.29, 1.82) is 0 Å². The van der Waals surface area contributed by atoms with E-state index in [1.165, 1.54) is 24.3 Å². The molecular formula is C15H12FN5O2. The summed E-state index contributed by atoms with van der Waals surface area (Å²) in [5.41, 5.74) is 1.39. The number of carbonyl (C=O) groups excluding carboxylic acids is 1. The third kappa shape index (κ3) is 3.88. The average molecular weight is 313 g/mol. The SMILES string of the molecule is O=C(COc1ccc(F)cc1)Nc1ccc(-c2nn[nH]n2)cc1. The van der Waals surface area contributed by atoms with Gasteiger partial charge in [-0.15, -0.1) is 10.2 Å². The Labute approximate surface area is 130 Å². The molecule has 116 valence electrons. The second kappa shape index (κ2) is 6.65. The van der Waals surface area contributed by atoms with Crippen LogP contribution in [-0.4, -0.2) is 33.1 Å². The number of nitrogens with zero attached hydrogens (tertiary/aromatic N) is 3. The monoisotopic (exact) mass is 313 g/mol. The number of carbonyl (C=O) groups is 1. The maximum Gasteiger partial charge on any atom is 0.262 e. The average Bonchev–Trinajstić information content (AvgIpc) is 3.09. The number of benzene rings is 2. The number of halogens is 1. The molecule has 0 unspecified atom stereocenters. The number of ether oxygens (including phenoxy) is 1. The highest BCUT2D eigenvalue weighted by molar-refractivity contribution is 5.92. The van der Waals surface area contributed by atoms with Crippen molar-refractivity contribution >= 4 is 11.6 Å². The van der Waals surface area contributed by atoms with Crippen LogP contribution in [0, 0.1) is 5.82 Å². The van der Waals surface area contributed by atoms with Gasteiger partial charge in [-0.05, 0) is 53.7 Å². The van der Waals surface area contributed by atoms with Crippen LogP contribution in [0.15, 0.2) is 48.5 Å². The lowest BCUT2D eigenvalue weighted by atomic mass is 10.2. The minimum Gasteiger partial charge on any atom is -0.484 e. The second-order valence-electron chi connectivity index (χ2n) is 4.60. The van der Waals surface area contributed by atoms with Crippen molar-refractivity contribution < 1.29 is 13.9 Å². The van der Waals surface area contributed by atoms with E-state index < -0.39 is 0 Å². The first-order valence-electron chi connectivity index (χ1n) is 6.73. The van der Waals surface area contributed by atoms with Crippen LogP contribution in [0.1, 0.15) is 0 Å². The summed E-state index contributed by atoms with van der Waals surface area (Å²) in [6.07, 6.45) is 0. The minimum absolute atomic E-state index is 0.168. The van der Waals surface area contributed by atoms with E-state index in [0.717, 1.165) is 5.56 Å². The molecule has 0 spiro atoms. The molecule has 0 fully saturated rings. The number of anilines is 1. The van der Waals surface area contributed by atoms with Crippen molar-refractivity contribution in [3.8, 4) is 17.1 Å². The van der Waals surface area contributed by atoms with Gasteiger partial charge in [0, 0.05) is 11.3 Å². The van der Waals surface area contributed by atoms with Crippen LogP contribution in [0.2, 0.25) is 0 Å². The van der Waals surface area contributed by atoms with E-state index in [1.807, 2.05) is 0 Å². The third-order valence-corrected chi connectivity index (χ3v) is 2.96. The Morgan fingerprint density at radius 1 is 1.13 bits per heavy atom. The number of aromatic nitrogens is 4. The number of hydrogen-bond acceptors (Lipinski definition) is 5. The molecule has 1 aromatic heterocycles. The van der Waals surface area contributed by atoms with Gasteiger partial charge in [-0.25, -0.2) is 4.39 Å². The summed E-state index contributed by atoms with van der Waals surface area (Å²) >= 11 is 0. The number of amides is 1. The Balaban J connectivity index is 1.54. The van der Waals surface area contributed by atoms with Gasteiger partial charge in [0.05, 0.1) is 0 Å². The van der Waals surface area contributed by atoms with E-state index in [4.69, 9.17) is 4.74 Å². The maximum atomic E-state index is 12.8. The lowest BCUT2D eigenvalue weighted by molar-refractivity contribution is -0.118. The normalized spacial score (nSPS) is 10.3. The summed E-state index contributed by atoms with van der Waals surface area (Å²) < 4.78 is 18.0. The maximum absolute atomic E-state index is 12.8. The largest absolute Gasteiger partial charge is 0.484 e. The first kappa shape index (κ1) is 14.6. The molecule has 2 N–H and O–H groups in total. The standard InChI is InChI=1S/C15H12FN5O2/c16-11-3-7-13(8-4-11)23-9-14(22)17-12-5-1-10(2-6-12)15-18-20-21-19-15/h1-8H,9H2,(H,17,22)(H,18,19,20,21). The lowest BCUT2D eigenvalue weighted by Crippen LogP contribution is -2.20. The summed E-state index contributed by atoms with van der Waals surface area (Å²) in [7, 11) is 0. The van der Waals surface area contributed by atoms with Crippen LogP contribution in [0.5, 0.6) is 5.75 Å². The smallest absolute Gasteiger partial charge is 0.262 e. The van der Waals surface area contributed by atoms with Gasteiger partial charge in [-0.1, -0.05) is 0 Å². The third-order valence-electron chi connectivity index (χ3n) is 2.96. The quantitative estimate of drug-likeness (QED) is 0.752. The molecule has 3 rings (SSSR count). The van der Waals surface area contributed by atoms with Crippen molar-refractivity contribution in [3.05, 3.63) is 54.3 Å². The van der Waals surface area contributed by atoms with Crippen molar-refractivity contribution in [2.45, 2.75) is 0 Å². The minimum atomic E-state index is -0.358. The van der Waals surface area contributed by atoms with E-state index in [-0.39, 0.29) is 18.3 Å². The molecule has 0 radical (unpaired) electrons. The summed E-state index contributed by atoms with van der Waals surface area (Å²) in [4.78, 5) is 11.8. The molecular weight excluding hydrogens is 301 g/mol. The molecule has 0 aliphatic rings. The summed E-state index contributed by atoms with van der Waals surface area (Å²) in [5.74, 6) is 0.224. The summed E-state index contributed by atoms with van der Waals surface area (Å²) in [6.45, 7) is -0.168. The van der Waals surface area contributed by atoms with E-state index in [9.17, 15) is 9.18 Å². The zero-order chi connectivity index (χ0) is 16.1. The molecule has 0 saturated heterocycles. The van der Waals surface area contributed by atoms with Crippen molar-refractivity contribution in [1.82, 2.24) is 20.6 Å². The molecule has 1 heterocycles. The predicted octanol–water partition coefficient (Wildman–Crippen LogP) is 2.02. The van der Waals surface area contributed by atoms with E-state index in [2.05, 4.69) is 25.9 Å². The predicted molar refractivity (Wildman–Crippen MR) is 80.1 cm³/mol. The Bertz CT molecular complexity index is 773. The van der Waals surface area contributed by atoms with Crippen molar-refractivity contribution in [3.63, 3.8) is 0 Å². The fourth-order valence-corrected chi connectivity index (χ4v) is 1.86. The fourth-order valence-electron chi connectivity index (χ4n) is 1.86. The molecule has 23 heavy (non-hydrogen) atoms. The van der Waals surface area contributed by atoms with E-state index in [1.54, 1.807) is 24.3 Å². The Kier molecular flexibility index (Phi) is 4.23. The first-order valence-corrected chi connectivity index (χ1v) is 6.73. The van der Waals surface area contributed by atoms with Gasteiger partial charge in [0.15, 0.2) is 6.61 Å². The summed E-state index contributed by atoms with van der Waals surface area (Å²) in [6, 6.07) is 12.4. The number of nitrogens with one attached hydrogen (secondary N) is 2. The molecule has 1 amide bonds. The topological polar surface area (TPSA) is 92.8 Å².